The van der Waals surface area contributed by atoms with E-state index in [9.17, 15) is 9.59 Å². The molecule has 3 fully saturated rings. The molecule has 29 heavy (non-hydrogen) atoms. The topological polar surface area (TPSA) is 90.6 Å². The van der Waals surface area contributed by atoms with E-state index in [4.69, 9.17) is 15.2 Å². The van der Waals surface area contributed by atoms with Crippen molar-refractivity contribution in [1.82, 2.24) is 5.32 Å². The summed E-state index contributed by atoms with van der Waals surface area (Å²) in [6.07, 6.45) is 3.85. The van der Waals surface area contributed by atoms with Gasteiger partial charge in [0, 0.05) is 19.1 Å². The summed E-state index contributed by atoms with van der Waals surface area (Å²) in [5.74, 6) is 1.27. The van der Waals surface area contributed by atoms with Crippen LogP contribution in [-0.2, 0) is 14.3 Å². The minimum atomic E-state index is -0.489. The van der Waals surface area contributed by atoms with Crippen LogP contribution < -0.4 is 15.8 Å². The van der Waals surface area contributed by atoms with Crippen molar-refractivity contribution < 1.29 is 19.1 Å². The zero-order valence-corrected chi connectivity index (χ0v) is 17.6. The van der Waals surface area contributed by atoms with Crippen molar-refractivity contribution >= 4 is 11.8 Å². The first kappa shape index (κ1) is 20.2. The standard InChI is InChI=1S/C23H32N2O4/c1-4-19(27)25-21-22(2,3)15-11-17-20(28-10-9-23(17,21)12-15)14-5-7-16(8-6-14)29-13-18(24)26/h5-8,15,17,20-21H,4,9-13H2,1-3H3,(H2,24,26)(H,25,27)/t15-,17-,20-,21+,23-/m1/s1. The van der Waals surface area contributed by atoms with Gasteiger partial charge in [0.2, 0.25) is 5.91 Å². The van der Waals surface area contributed by atoms with Crippen LogP contribution in [0.1, 0.15) is 58.1 Å². The normalized spacial score (nSPS) is 34.4. The fourth-order valence-electron chi connectivity index (χ4n) is 6.29. The fraction of sp³-hybridized carbons (Fsp3) is 0.652. The second-order valence-electron chi connectivity index (χ2n) is 9.52. The summed E-state index contributed by atoms with van der Waals surface area (Å²) >= 11 is 0. The molecule has 1 spiro atoms. The van der Waals surface area contributed by atoms with Crippen molar-refractivity contribution in [1.29, 1.82) is 0 Å². The predicted octanol–water partition coefficient (Wildman–Crippen LogP) is 2.96. The van der Waals surface area contributed by atoms with Crippen LogP contribution in [0.5, 0.6) is 5.75 Å². The summed E-state index contributed by atoms with van der Waals surface area (Å²) in [6.45, 7) is 7.14. The molecule has 6 nitrogen and oxygen atoms in total. The van der Waals surface area contributed by atoms with Crippen molar-refractivity contribution in [2.24, 2.45) is 28.4 Å². The molecule has 1 heterocycles. The van der Waals surface area contributed by atoms with Crippen LogP contribution >= 0.6 is 0 Å². The number of nitrogens with two attached hydrogens (primary N) is 1. The summed E-state index contributed by atoms with van der Waals surface area (Å²) in [5.41, 5.74) is 6.48. The monoisotopic (exact) mass is 400 g/mol. The number of hydrogen-bond acceptors (Lipinski definition) is 4. The largest absolute Gasteiger partial charge is 0.484 e. The van der Waals surface area contributed by atoms with Crippen molar-refractivity contribution in [2.75, 3.05) is 13.2 Å². The third-order valence-corrected chi connectivity index (χ3v) is 7.72. The molecular weight excluding hydrogens is 368 g/mol. The molecule has 5 atom stereocenters. The molecule has 3 aliphatic rings. The number of rotatable bonds is 6. The quantitative estimate of drug-likeness (QED) is 0.768. The Labute approximate surface area is 172 Å². The Morgan fingerprint density at radius 3 is 2.66 bits per heavy atom. The number of ether oxygens (including phenoxy) is 2. The minimum Gasteiger partial charge on any atom is -0.484 e. The smallest absolute Gasteiger partial charge is 0.255 e. The lowest BCUT2D eigenvalue weighted by Crippen LogP contribution is -2.58. The third kappa shape index (κ3) is 3.31. The number of benzene rings is 1. The average molecular weight is 401 g/mol. The molecule has 3 N–H and O–H groups in total. The molecule has 2 saturated carbocycles. The van der Waals surface area contributed by atoms with Gasteiger partial charge in [-0.15, -0.1) is 0 Å². The van der Waals surface area contributed by atoms with E-state index < -0.39 is 5.91 Å². The van der Waals surface area contributed by atoms with Gasteiger partial charge in [-0.1, -0.05) is 32.9 Å². The van der Waals surface area contributed by atoms with Gasteiger partial charge >= 0.3 is 0 Å². The van der Waals surface area contributed by atoms with E-state index in [1.54, 1.807) is 0 Å². The van der Waals surface area contributed by atoms with Crippen molar-refractivity contribution in [3.63, 3.8) is 0 Å². The maximum absolute atomic E-state index is 12.3. The van der Waals surface area contributed by atoms with Gasteiger partial charge in [0.05, 0.1) is 6.10 Å². The number of fused-ring (bicyclic) bond motifs is 1. The summed E-state index contributed by atoms with van der Waals surface area (Å²) < 4.78 is 11.7. The fourth-order valence-corrected chi connectivity index (χ4v) is 6.29. The molecule has 4 rings (SSSR count). The van der Waals surface area contributed by atoms with Crippen LogP contribution in [0.25, 0.3) is 0 Å². The van der Waals surface area contributed by atoms with Gasteiger partial charge < -0.3 is 20.5 Å². The predicted molar refractivity (Wildman–Crippen MR) is 109 cm³/mol. The van der Waals surface area contributed by atoms with Gasteiger partial charge in [-0.2, -0.15) is 0 Å². The molecule has 1 aromatic carbocycles. The third-order valence-electron chi connectivity index (χ3n) is 7.72. The molecule has 2 bridgehead atoms. The molecule has 2 amide bonds. The highest BCUT2D eigenvalue weighted by atomic mass is 16.5. The molecule has 0 radical (unpaired) electrons. The molecule has 0 aromatic heterocycles. The van der Waals surface area contributed by atoms with Crippen LogP contribution in [0.15, 0.2) is 24.3 Å². The van der Waals surface area contributed by atoms with E-state index in [-0.39, 0.29) is 35.5 Å². The second-order valence-corrected chi connectivity index (χ2v) is 9.52. The maximum atomic E-state index is 12.3. The number of primary amides is 1. The number of nitrogens with one attached hydrogen (secondary N) is 1. The lowest BCUT2D eigenvalue weighted by Gasteiger charge is -2.53. The summed E-state index contributed by atoms with van der Waals surface area (Å²) in [6, 6.07) is 7.98. The number of hydrogen-bond donors (Lipinski definition) is 2. The Morgan fingerprint density at radius 2 is 2.00 bits per heavy atom. The van der Waals surface area contributed by atoms with Crippen LogP contribution in [0.2, 0.25) is 0 Å². The van der Waals surface area contributed by atoms with Gasteiger partial charge in [-0.05, 0) is 59.6 Å². The first-order valence-corrected chi connectivity index (χ1v) is 10.7. The van der Waals surface area contributed by atoms with Crippen molar-refractivity contribution in [3.8, 4) is 5.75 Å². The van der Waals surface area contributed by atoms with E-state index >= 15 is 0 Å². The second kappa shape index (κ2) is 7.31. The molecule has 158 valence electrons. The Kier molecular flexibility index (Phi) is 5.09. The first-order valence-electron chi connectivity index (χ1n) is 10.7. The van der Waals surface area contributed by atoms with Gasteiger partial charge in [-0.25, -0.2) is 0 Å². The van der Waals surface area contributed by atoms with Crippen LogP contribution in [0.4, 0.5) is 0 Å². The molecule has 0 unspecified atom stereocenters. The Morgan fingerprint density at radius 1 is 1.28 bits per heavy atom. The lowest BCUT2D eigenvalue weighted by molar-refractivity contribution is -0.137. The zero-order valence-electron chi connectivity index (χ0n) is 17.6. The maximum Gasteiger partial charge on any atom is 0.255 e. The lowest BCUT2D eigenvalue weighted by atomic mass is 9.59. The highest BCUT2D eigenvalue weighted by molar-refractivity contribution is 5.76. The molecule has 1 aliphatic heterocycles. The van der Waals surface area contributed by atoms with Crippen LogP contribution in [-0.4, -0.2) is 31.1 Å². The first-order chi connectivity index (χ1) is 13.8. The van der Waals surface area contributed by atoms with Crippen molar-refractivity contribution in [2.45, 2.75) is 58.6 Å². The van der Waals surface area contributed by atoms with Gasteiger partial charge in [-0.3, -0.25) is 9.59 Å². The van der Waals surface area contributed by atoms with Crippen LogP contribution in [0, 0.1) is 22.7 Å². The Balaban J connectivity index is 1.58. The van der Waals surface area contributed by atoms with E-state index in [0.29, 0.717) is 30.6 Å². The van der Waals surface area contributed by atoms with E-state index in [2.05, 4.69) is 19.2 Å². The van der Waals surface area contributed by atoms with Crippen molar-refractivity contribution in [3.05, 3.63) is 29.8 Å². The SMILES string of the molecule is CCC(=O)N[C@H]1C(C)(C)[C@@H]2C[C@@H]3[C@@H](c4ccc(OCC(N)=O)cc4)OCC[C@@]31C2. The minimum absolute atomic E-state index is 0.0241. The Hall–Kier alpha value is -2.08. The summed E-state index contributed by atoms with van der Waals surface area (Å²) in [4.78, 5) is 23.2. The Bertz CT molecular complexity index is 791. The molecule has 1 aromatic rings. The molecule has 1 saturated heterocycles. The van der Waals surface area contributed by atoms with E-state index in [1.807, 2.05) is 31.2 Å². The van der Waals surface area contributed by atoms with Crippen LogP contribution in [0.3, 0.4) is 0 Å². The summed E-state index contributed by atoms with van der Waals surface area (Å²) in [5, 5.41) is 3.39. The number of amides is 2. The summed E-state index contributed by atoms with van der Waals surface area (Å²) in [7, 11) is 0. The number of carbonyl (C=O) groups excluding carboxylic acids is 2. The molecular formula is C23H32N2O4. The zero-order chi connectivity index (χ0) is 20.8. The van der Waals surface area contributed by atoms with Gasteiger partial charge in [0.25, 0.3) is 5.91 Å². The highest BCUT2D eigenvalue weighted by Gasteiger charge is 2.68. The van der Waals surface area contributed by atoms with E-state index in [1.165, 1.54) is 6.42 Å². The number of carbonyl (C=O) groups is 2. The molecule has 6 heteroatoms. The van der Waals surface area contributed by atoms with E-state index in [0.717, 1.165) is 18.4 Å². The highest BCUT2D eigenvalue weighted by Crippen LogP contribution is 2.70. The van der Waals surface area contributed by atoms with Gasteiger partial charge in [0.1, 0.15) is 5.75 Å². The average Bonchev–Trinajstić information content (AvgIpc) is 3.19. The molecule has 2 aliphatic carbocycles. The van der Waals surface area contributed by atoms with Gasteiger partial charge in [0.15, 0.2) is 6.61 Å².